The molecule has 0 bridgehead atoms. The molecule has 1 heterocycles. The van der Waals surface area contributed by atoms with Gasteiger partial charge in [0.05, 0.1) is 17.6 Å². The molecule has 0 saturated carbocycles. The van der Waals surface area contributed by atoms with Gasteiger partial charge in [-0.25, -0.2) is 0 Å². The summed E-state index contributed by atoms with van der Waals surface area (Å²) in [6.07, 6.45) is 0. The van der Waals surface area contributed by atoms with Crippen LogP contribution in [0.25, 0.3) is 11.5 Å². The first-order valence-electron chi connectivity index (χ1n) is 5.54. The topological polar surface area (TPSA) is 117 Å². The Hall–Kier alpha value is -2.03. The van der Waals surface area contributed by atoms with Crippen LogP contribution in [0.1, 0.15) is 11.9 Å². The summed E-state index contributed by atoms with van der Waals surface area (Å²) in [6.45, 7) is 0.231. The lowest BCUT2D eigenvalue weighted by atomic mass is 10.2. The minimum Gasteiger partial charge on any atom is -0.383 e. The Kier molecular flexibility index (Phi) is 4.28. The summed E-state index contributed by atoms with van der Waals surface area (Å²) in [5.41, 5.74) is 5.96. The average Bonchev–Trinajstić information content (AvgIpc) is 2.88. The molecule has 8 nitrogen and oxygen atoms in total. The SMILES string of the molecule is COCC(N)c1noc(-c2cc(Cl)cc([N+](=O)[O-])c2)n1. The molecule has 0 spiro atoms. The molecular weight excluding hydrogens is 288 g/mol. The lowest BCUT2D eigenvalue weighted by Gasteiger charge is -2.03. The highest BCUT2D eigenvalue weighted by atomic mass is 35.5. The first kappa shape index (κ1) is 14.4. The number of nitro benzene ring substituents is 1. The van der Waals surface area contributed by atoms with Crippen LogP contribution >= 0.6 is 11.6 Å². The second-order valence-corrected chi connectivity index (χ2v) is 4.41. The number of methoxy groups -OCH3 is 1. The molecule has 2 rings (SSSR count). The summed E-state index contributed by atoms with van der Waals surface area (Å²) in [5, 5.41) is 14.7. The van der Waals surface area contributed by atoms with E-state index >= 15 is 0 Å². The third kappa shape index (κ3) is 3.10. The van der Waals surface area contributed by atoms with Crippen molar-refractivity contribution in [2.75, 3.05) is 13.7 Å². The maximum absolute atomic E-state index is 10.8. The fourth-order valence-electron chi connectivity index (χ4n) is 1.56. The number of halogens is 1. The Bertz CT molecular complexity index is 631. The van der Waals surface area contributed by atoms with Crippen molar-refractivity contribution in [3.8, 4) is 11.5 Å². The Balaban J connectivity index is 2.34. The number of hydrogen-bond acceptors (Lipinski definition) is 7. The van der Waals surface area contributed by atoms with Gasteiger partial charge in [-0.2, -0.15) is 4.98 Å². The number of non-ortho nitro benzene ring substituents is 1. The van der Waals surface area contributed by atoms with Crippen LogP contribution < -0.4 is 5.73 Å². The molecule has 1 unspecified atom stereocenters. The summed E-state index contributed by atoms with van der Waals surface area (Å²) >= 11 is 5.82. The van der Waals surface area contributed by atoms with Gasteiger partial charge in [-0.1, -0.05) is 16.8 Å². The van der Waals surface area contributed by atoms with Crippen LogP contribution in [0.15, 0.2) is 22.7 Å². The van der Waals surface area contributed by atoms with Crippen molar-refractivity contribution in [3.63, 3.8) is 0 Å². The highest BCUT2D eigenvalue weighted by Gasteiger charge is 2.18. The van der Waals surface area contributed by atoms with Crippen molar-refractivity contribution in [2.45, 2.75) is 6.04 Å². The number of rotatable bonds is 5. The highest BCUT2D eigenvalue weighted by molar-refractivity contribution is 6.31. The number of nitrogens with zero attached hydrogens (tertiary/aromatic N) is 3. The van der Waals surface area contributed by atoms with Crippen LogP contribution in [0, 0.1) is 10.1 Å². The Morgan fingerprint density at radius 3 is 2.95 bits per heavy atom. The Labute approximate surface area is 118 Å². The largest absolute Gasteiger partial charge is 0.383 e. The van der Waals surface area contributed by atoms with E-state index in [1.807, 2.05) is 0 Å². The van der Waals surface area contributed by atoms with E-state index in [1.165, 1.54) is 25.3 Å². The molecule has 0 fully saturated rings. The van der Waals surface area contributed by atoms with E-state index in [2.05, 4.69) is 10.1 Å². The maximum atomic E-state index is 10.8. The van der Waals surface area contributed by atoms with E-state index in [4.69, 9.17) is 26.6 Å². The average molecular weight is 299 g/mol. The molecule has 106 valence electrons. The van der Waals surface area contributed by atoms with Crippen molar-refractivity contribution in [3.05, 3.63) is 39.2 Å². The molecule has 1 atom stereocenters. The van der Waals surface area contributed by atoms with Crippen LogP contribution in [0.5, 0.6) is 0 Å². The van der Waals surface area contributed by atoms with Gasteiger partial charge in [-0.15, -0.1) is 0 Å². The number of benzene rings is 1. The van der Waals surface area contributed by atoms with Gasteiger partial charge in [-0.05, 0) is 6.07 Å². The summed E-state index contributed by atoms with van der Waals surface area (Å²) < 4.78 is 9.92. The van der Waals surface area contributed by atoms with E-state index in [9.17, 15) is 10.1 Å². The molecule has 0 amide bonds. The summed E-state index contributed by atoms with van der Waals surface area (Å²) in [6, 6.07) is 3.49. The van der Waals surface area contributed by atoms with Crippen LogP contribution in [0.4, 0.5) is 5.69 Å². The molecule has 2 N–H and O–H groups in total. The monoisotopic (exact) mass is 298 g/mol. The molecule has 1 aromatic carbocycles. The lowest BCUT2D eigenvalue weighted by Crippen LogP contribution is -2.17. The number of ether oxygens (including phenoxy) is 1. The molecular formula is C11H11ClN4O4. The molecule has 9 heteroatoms. The smallest absolute Gasteiger partial charge is 0.271 e. The minimum absolute atomic E-state index is 0.108. The second-order valence-electron chi connectivity index (χ2n) is 3.97. The van der Waals surface area contributed by atoms with Gasteiger partial charge in [0.2, 0.25) is 0 Å². The van der Waals surface area contributed by atoms with E-state index in [-0.39, 0.29) is 29.0 Å². The van der Waals surface area contributed by atoms with Gasteiger partial charge < -0.3 is 15.0 Å². The maximum Gasteiger partial charge on any atom is 0.271 e. The van der Waals surface area contributed by atoms with Crippen LogP contribution in [-0.4, -0.2) is 28.8 Å². The van der Waals surface area contributed by atoms with Crippen molar-refractivity contribution < 1.29 is 14.2 Å². The van der Waals surface area contributed by atoms with Gasteiger partial charge in [0, 0.05) is 29.8 Å². The van der Waals surface area contributed by atoms with Crippen LogP contribution in [-0.2, 0) is 4.74 Å². The number of nitrogens with two attached hydrogens (primary N) is 1. The zero-order valence-electron chi connectivity index (χ0n) is 10.4. The molecule has 1 aromatic heterocycles. The first-order valence-corrected chi connectivity index (χ1v) is 5.92. The third-order valence-corrected chi connectivity index (χ3v) is 2.68. The zero-order chi connectivity index (χ0) is 14.7. The van der Waals surface area contributed by atoms with Crippen molar-refractivity contribution >= 4 is 17.3 Å². The normalized spacial score (nSPS) is 12.3. The van der Waals surface area contributed by atoms with Crippen LogP contribution in [0.2, 0.25) is 5.02 Å². The summed E-state index contributed by atoms with van der Waals surface area (Å²) in [5.74, 6) is 0.363. The second kappa shape index (κ2) is 5.95. The fraction of sp³-hybridized carbons (Fsp3) is 0.273. The van der Waals surface area contributed by atoms with Crippen LogP contribution in [0.3, 0.4) is 0 Å². The minimum atomic E-state index is -0.552. The lowest BCUT2D eigenvalue weighted by molar-refractivity contribution is -0.384. The number of nitro groups is 1. The Morgan fingerprint density at radius 1 is 1.55 bits per heavy atom. The van der Waals surface area contributed by atoms with Gasteiger partial charge in [0.15, 0.2) is 5.82 Å². The quantitative estimate of drug-likeness (QED) is 0.662. The standard InChI is InChI=1S/C11H11ClN4O4/c1-19-5-9(13)10-14-11(20-15-10)6-2-7(12)4-8(3-6)16(17)18/h2-4,9H,5,13H2,1H3. The van der Waals surface area contributed by atoms with E-state index < -0.39 is 11.0 Å². The molecule has 0 aliphatic rings. The Morgan fingerprint density at radius 2 is 2.30 bits per heavy atom. The third-order valence-electron chi connectivity index (χ3n) is 2.46. The molecule has 0 aliphatic heterocycles. The molecule has 0 aliphatic carbocycles. The van der Waals surface area contributed by atoms with Gasteiger partial charge in [-0.3, -0.25) is 10.1 Å². The van der Waals surface area contributed by atoms with Gasteiger partial charge in [0.1, 0.15) is 0 Å². The van der Waals surface area contributed by atoms with E-state index in [0.717, 1.165) is 0 Å². The molecule has 0 saturated heterocycles. The molecule has 0 radical (unpaired) electrons. The predicted octanol–water partition coefficient (Wildman–Crippen LogP) is 1.94. The summed E-state index contributed by atoms with van der Waals surface area (Å²) in [4.78, 5) is 14.3. The van der Waals surface area contributed by atoms with Crippen molar-refractivity contribution in [2.24, 2.45) is 5.73 Å². The van der Waals surface area contributed by atoms with Crippen molar-refractivity contribution in [1.82, 2.24) is 10.1 Å². The van der Waals surface area contributed by atoms with Gasteiger partial charge in [0.25, 0.3) is 11.6 Å². The van der Waals surface area contributed by atoms with Crippen molar-refractivity contribution in [1.29, 1.82) is 0 Å². The van der Waals surface area contributed by atoms with Gasteiger partial charge >= 0.3 is 0 Å². The highest BCUT2D eigenvalue weighted by Crippen LogP contribution is 2.27. The predicted molar refractivity (Wildman–Crippen MR) is 70.2 cm³/mol. The first-order chi connectivity index (χ1) is 9.51. The zero-order valence-corrected chi connectivity index (χ0v) is 11.2. The number of aromatic nitrogens is 2. The summed E-state index contributed by atoms with van der Waals surface area (Å²) in [7, 11) is 1.50. The molecule has 2 aromatic rings. The number of hydrogen-bond donors (Lipinski definition) is 1. The fourth-order valence-corrected chi connectivity index (χ4v) is 1.79. The van der Waals surface area contributed by atoms with E-state index in [0.29, 0.717) is 5.56 Å². The molecule has 20 heavy (non-hydrogen) atoms. The van der Waals surface area contributed by atoms with E-state index in [1.54, 1.807) is 0 Å².